The van der Waals surface area contributed by atoms with Crippen LogP contribution in [0.5, 0.6) is 0 Å². The molecular formula is C23H28N2O5S3. The maximum absolute atomic E-state index is 12.7. The summed E-state index contributed by atoms with van der Waals surface area (Å²) in [7, 11) is -4.02. The van der Waals surface area contributed by atoms with Gasteiger partial charge in [-0.25, -0.2) is 4.79 Å². The van der Waals surface area contributed by atoms with Gasteiger partial charge in [0.2, 0.25) is 5.66 Å². The van der Waals surface area contributed by atoms with Gasteiger partial charge in [0.1, 0.15) is 6.61 Å². The second kappa shape index (κ2) is 9.34. The first-order valence-corrected chi connectivity index (χ1v) is 13.1. The number of nitrogens with two attached hydrogens (primary N) is 1. The van der Waals surface area contributed by atoms with Gasteiger partial charge in [-0.3, -0.25) is 10.3 Å². The number of nitrogens with zero attached hydrogens (tertiary/aromatic N) is 1. The summed E-state index contributed by atoms with van der Waals surface area (Å²) in [6.07, 6.45) is 0. The third-order valence-electron chi connectivity index (χ3n) is 5.87. The van der Waals surface area contributed by atoms with Gasteiger partial charge in [-0.15, -0.1) is 11.8 Å². The van der Waals surface area contributed by atoms with E-state index in [0.717, 1.165) is 16.1 Å². The minimum Gasteiger partial charge on any atom is -0.458 e. The smallest absolute Gasteiger partial charge is 0.348 e. The van der Waals surface area contributed by atoms with Gasteiger partial charge in [0.15, 0.2) is 0 Å². The van der Waals surface area contributed by atoms with Crippen LogP contribution in [-0.2, 0) is 26.3 Å². The van der Waals surface area contributed by atoms with Crippen LogP contribution in [0.4, 0.5) is 0 Å². The van der Waals surface area contributed by atoms with E-state index in [1.807, 2.05) is 56.0 Å². The van der Waals surface area contributed by atoms with Gasteiger partial charge in [0.05, 0.1) is 20.0 Å². The number of esters is 1. The van der Waals surface area contributed by atoms with Crippen LogP contribution in [0.25, 0.3) is 0 Å². The largest absolute Gasteiger partial charge is 0.458 e. The van der Waals surface area contributed by atoms with Gasteiger partial charge >= 0.3 is 5.97 Å². The molecule has 0 amide bonds. The molecule has 0 spiro atoms. The van der Waals surface area contributed by atoms with E-state index in [0.29, 0.717) is 0 Å². The van der Waals surface area contributed by atoms with Crippen LogP contribution >= 0.6 is 24.0 Å². The van der Waals surface area contributed by atoms with Gasteiger partial charge in [-0.1, -0.05) is 67.2 Å². The lowest BCUT2D eigenvalue weighted by atomic mass is 9.88. The number of ether oxygens (including phenoxy) is 1. The van der Waals surface area contributed by atoms with E-state index in [1.165, 1.54) is 12.1 Å². The molecule has 0 radical (unpaired) electrons. The van der Waals surface area contributed by atoms with E-state index >= 15 is 0 Å². The molecule has 4 rings (SSSR count). The Bertz CT molecular complexity index is 1140. The third-order valence-corrected chi connectivity index (χ3v) is 9.06. The third kappa shape index (κ3) is 4.95. The maximum Gasteiger partial charge on any atom is 0.348 e. The molecule has 0 aromatic heterocycles. The summed E-state index contributed by atoms with van der Waals surface area (Å²) < 4.78 is 34.6. The minimum absolute atomic E-state index is 0.0666. The molecule has 2 aliphatic rings. The highest BCUT2D eigenvalue weighted by molar-refractivity contribution is 8.02. The first-order valence-electron chi connectivity index (χ1n) is 10.3. The minimum atomic E-state index is -4.02. The van der Waals surface area contributed by atoms with Crippen molar-refractivity contribution in [3.63, 3.8) is 0 Å². The first kappa shape index (κ1) is 25.6. The Morgan fingerprint density at radius 2 is 1.76 bits per heavy atom. The first-order chi connectivity index (χ1) is 15.3. The van der Waals surface area contributed by atoms with Crippen molar-refractivity contribution in [1.82, 2.24) is 4.90 Å². The molecule has 0 unspecified atom stereocenters. The van der Waals surface area contributed by atoms with Crippen LogP contribution in [-0.4, -0.2) is 44.6 Å². The van der Waals surface area contributed by atoms with E-state index in [9.17, 15) is 13.2 Å². The molecule has 10 heteroatoms. The van der Waals surface area contributed by atoms with Crippen LogP contribution in [0.15, 0.2) is 59.5 Å². The Morgan fingerprint density at radius 3 is 2.30 bits per heavy atom. The Labute approximate surface area is 204 Å². The highest BCUT2D eigenvalue weighted by Crippen LogP contribution is 2.57. The molecule has 2 aliphatic heterocycles. The molecule has 3 N–H and O–H groups in total. The molecule has 2 heterocycles. The Balaban J connectivity index is 0.000000235. The zero-order valence-electron chi connectivity index (χ0n) is 18.9. The van der Waals surface area contributed by atoms with E-state index in [4.69, 9.17) is 27.2 Å². The predicted molar refractivity (Wildman–Crippen MR) is 133 cm³/mol. The molecular weight excluding hydrogens is 480 g/mol. The zero-order chi connectivity index (χ0) is 24.6. The highest BCUT2D eigenvalue weighted by Gasteiger charge is 2.69. The van der Waals surface area contributed by atoms with Crippen LogP contribution in [0.1, 0.15) is 31.9 Å². The van der Waals surface area contributed by atoms with Crippen molar-refractivity contribution < 1.29 is 22.5 Å². The number of benzene rings is 2. The fraction of sp³-hybridized carbons (Fsp3) is 0.391. The number of rotatable bonds is 4. The average molecular weight is 509 g/mol. The summed E-state index contributed by atoms with van der Waals surface area (Å²) in [5.41, 5.74) is 7.22. The average Bonchev–Trinajstić information content (AvgIpc) is 2.97. The van der Waals surface area contributed by atoms with E-state index in [1.54, 1.807) is 23.9 Å². The van der Waals surface area contributed by atoms with Crippen LogP contribution < -0.4 is 5.73 Å². The molecule has 3 atom stereocenters. The zero-order valence-corrected chi connectivity index (χ0v) is 21.3. The van der Waals surface area contributed by atoms with Crippen LogP contribution in [0.3, 0.4) is 0 Å². The van der Waals surface area contributed by atoms with Gasteiger partial charge in [-0.2, -0.15) is 8.42 Å². The van der Waals surface area contributed by atoms with Crippen molar-refractivity contribution in [3.8, 4) is 0 Å². The van der Waals surface area contributed by atoms with Crippen LogP contribution in [0.2, 0.25) is 0 Å². The fourth-order valence-corrected chi connectivity index (χ4v) is 6.41. The molecule has 0 saturated carbocycles. The quantitative estimate of drug-likeness (QED) is 0.362. The number of aryl methyl sites for hydroxylation is 1. The van der Waals surface area contributed by atoms with E-state index in [-0.39, 0.29) is 22.8 Å². The highest BCUT2D eigenvalue weighted by atomic mass is 32.2. The predicted octanol–water partition coefficient (Wildman–Crippen LogP) is 3.76. The van der Waals surface area contributed by atoms with Gasteiger partial charge in [0, 0.05) is 5.92 Å². The van der Waals surface area contributed by atoms with Crippen molar-refractivity contribution in [2.45, 2.75) is 55.0 Å². The maximum atomic E-state index is 12.7. The van der Waals surface area contributed by atoms with Crippen molar-refractivity contribution >= 4 is 45.1 Å². The number of thioether (sulfide) groups is 1. The van der Waals surface area contributed by atoms with Gasteiger partial charge < -0.3 is 9.64 Å². The molecule has 2 fully saturated rings. The SMILES string of the molecule is C[C@@H]1C(=S)N2[C@@H]1SC(C)(C)[C@]2(N)C(=O)OCc1ccccc1.Cc1ccc(S(=O)(=O)O)cc1. The van der Waals surface area contributed by atoms with Crippen molar-refractivity contribution in [1.29, 1.82) is 0 Å². The lowest BCUT2D eigenvalue weighted by Crippen LogP contribution is -2.74. The number of hydrogen-bond acceptors (Lipinski definition) is 7. The van der Waals surface area contributed by atoms with E-state index < -0.39 is 26.5 Å². The Morgan fingerprint density at radius 1 is 1.18 bits per heavy atom. The van der Waals surface area contributed by atoms with Crippen molar-refractivity contribution in [2.24, 2.45) is 11.7 Å². The number of carbonyl (C=O) groups excluding carboxylic acids is 1. The normalized spacial score (nSPS) is 25.4. The number of fused-ring (bicyclic) bond motifs is 1. The van der Waals surface area contributed by atoms with Gasteiger partial charge in [-0.05, 0) is 38.5 Å². The molecule has 2 aromatic rings. The lowest BCUT2D eigenvalue weighted by Gasteiger charge is -2.50. The number of carbonyl (C=O) groups is 1. The van der Waals surface area contributed by atoms with Crippen LogP contribution in [0, 0.1) is 12.8 Å². The molecule has 33 heavy (non-hydrogen) atoms. The Kier molecular flexibility index (Phi) is 7.26. The standard InChI is InChI=1S/C16H20N2O2S2.C7H8O3S/c1-10-12(21)18-13(10)22-15(2,3)16(18,17)14(19)20-9-11-7-5-4-6-8-11;1-6-2-4-7(5-3-6)11(8,9)10/h4-8,10,13H,9,17H2,1-3H3;2-5H,1H3,(H,8,9,10)/t10-,13-,16+;/m1./s1. The van der Waals surface area contributed by atoms with Crippen molar-refractivity contribution in [2.75, 3.05) is 0 Å². The molecule has 0 bridgehead atoms. The molecule has 7 nitrogen and oxygen atoms in total. The monoisotopic (exact) mass is 508 g/mol. The fourth-order valence-electron chi connectivity index (χ4n) is 3.71. The summed E-state index contributed by atoms with van der Waals surface area (Å²) in [4.78, 5) is 15.3. The second-order valence-corrected chi connectivity index (χ2v) is 12.2. The van der Waals surface area contributed by atoms with Gasteiger partial charge in [0.25, 0.3) is 10.1 Å². The molecule has 2 aromatic carbocycles. The topological polar surface area (TPSA) is 110 Å². The Hall–Kier alpha value is -1.98. The molecule has 178 valence electrons. The number of thiocarbonyl (C=S) groups is 1. The summed E-state index contributed by atoms with van der Waals surface area (Å²) in [5, 5.41) is 0.164. The molecule has 0 aliphatic carbocycles. The number of hydrogen-bond donors (Lipinski definition) is 2. The summed E-state index contributed by atoms with van der Waals surface area (Å²) in [5.74, 6) is -0.141. The van der Waals surface area contributed by atoms with Crippen molar-refractivity contribution in [3.05, 3.63) is 65.7 Å². The summed E-state index contributed by atoms with van der Waals surface area (Å²) >= 11 is 7.12. The summed E-state index contributed by atoms with van der Waals surface area (Å²) in [6.45, 7) is 8.10. The lowest BCUT2D eigenvalue weighted by molar-refractivity contribution is -0.159. The summed E-state index contributed by atoms with van der Waals surface area (Å²) in [6, 6.07) is 15.6. The molecule has 2 saturated heterocycles. The second-order valence-electron chi connectivity index (χ2n) is 8.63. The van der Waals surface area contributed by atoms with E-state index in [2.05, 4.69) is 6.92 Å².